The number of benzene rings is 3. The number of ether oxygens (including phenoxy) is 2. The van der Waals surface area contributed by atoms with Crippen LogP contribution < -0.4 is 9.47 Å². The molecule has 0 heterocycles. The molecule has 1 atom stereocenters. The van der Waals surface area contributed by atoms with Crippen LogP contribution in [0.2, 0.25) is 5.02 Å². The van der Waals surface area contributed by atoms with Crippen molar-refractivity contribution in [2.45, 2.75) is 18.5 Å². The SMILES string of the molecule is N#CC(C(=O)CCOc1cccc(Oc2ccc(C(F)(F)F)cc2Cl)c1)c1cccc(Br)c1. The Kier molecular flexibility index (Phi) is 8.01. The Morgan fingerprint density at radius 2 is 1.79 bits per heavy atom. The van der Waals surface area contributed by atoms with Gasteiger partial charge < -0.3 is 9.47 Å². The largest absolute Gasteiger partial charge is 0.493 e. The molecule has 3 aromatic rings. The van der Waals surface area contributed by atoms with E-state index in [1.165, 1.54) is 6.07 Å². The Morgan fingerprint density at radius 3 is 2.45 bits per heavy atom. The number of hydrogen-bond acceptors (Lipinski definition) is 4. The molecule has 170 valence electrons. The van der Waals surface area contributed by atoms with Gasteiger partial charge >= 0.3 is 6.18 Å². The molecular weight excluding hydrogens is 523 g/mol. The van der Waals surface area contributed by atoms with Gasteiger partial charge in [-0.3, -0.25) is 4.79 Å². The summed E-state index contributed by atoms with van der Waals surface area (Å²) in [5, 5.41) is 9.22. The second-order valence-corrected chi connectivity index (χ2v) is 8.22. The quantitative estimate of drug-likeness (QED) is 0.297. The van der Waals surface area contributed by atoms with Crippen LogP contribution in [0.5, 0.6) is 17.2 Å². The summed E-state index contributed by atoms with van der Waals surface area (Å²) < 4.78 is 50.3. The molecule has 0 aliphatic carbocycles. The summed E-state index contributed by atoms with van der Waals surface area (Å²) in [6, 6.07) is 18.2. The van der Waals surface area contributed by atoms with Crippen molar-refractivity contribution >= 4 is 33.3 Å². The summed E-state index contributed by atoms with van der Waals surface area (Å²) >= 11 is 9.25. The van der Waals surface area contributed by atoms with Crippen LogP contribution in [0.4, 0.5) is 13.2 Å². The van der Waals surface area contributed by atoms with Crippen molar-refractivity contribution in [2.75, 3.05) is 6.61 Å². The molecule has 3 aromatic carbocycles. The Labute approximate surface area is 201 Å². The molecule has 0 aromatic heterocycles. The number of ketones is 1. The number of carbonyl (C=O) groups is 1. The van der Waals surface area contributed by atoms with Crippen LogP contribution in [-0.2, 0) is 11.0 Å². The first kappa shape index (κ1) is 24.6. The van der Waals surface area contributed by atoms with Crippen molar-refractivity contribution in [3.8, 4) is 23.3 Å². The third-order valence-corrected chi connectivity index (χ3v) is 5.33. The summed E-state index contributed by atoms with van der Waals surface area (Å²) in [5.41, 5.74) is -0.277. The first-order valence-electron chi connectivity index (χ1n) is 9.62. The summed E-state index contributed by atoms with van der Waals surface area (Å²) in [7, 11) is 0. The van der Waals surface area contributed by atoms with E-state index in [4.69, 9.17) is 21.1 Å². The maximum absolute atomic E-state index is 12.8. The lowest BCUT2D eigenvalue weighted by molar-refractivity contribution is -0.137. The van der Waals surface area contributed by atoms with Crippen molar-refractivity contribution in [1.29, 1.82) is 5.26 Å². The highest BCUT2D eigenvalue weighted by Gasteiger charge is 2.31. The van der Waals surface area contributed by atoms with Gasteiger partial charge in [-0.15, -0.1) is 0 Å². The molecule has 1 unspecified atom stereocenters. The Hall–Kier alpha value is -3.02. The van der Waals surface area contributed by atoms with Crippen molar-refractivity contribution in [2.24, 2.45) is 0 Å². The lowest BCUT2D eigenvalue weighted by atomic mass is 9.95. The van der Waals surface area contributed by atoms with Crippen LogP contribution in [0.25, 0.3) is 0 Å². The van der Waals surface area contributed by atoms with Crippen LogP contribution in [0.15, 0.2) is 71.2 Å². The smallest absolute Gasteiger partial charge is 0.416 e. The van der Waals surface area contributed by atoms with E-state index in [0.717, 1.165) is 22.7 Å². The predicted octanol–water partition coefficient (Wildman–Crippen LogP) is 7.56. The number of nitrogens with zero attached hydrogens (tertiary/aromatic N) is 1. The number of nitriles is 1. The van der Waals surface area contributed by atoms with E-state index < -0.39 is 17.7 Å². The molecule has 0 spiro atoms. The van der Waals surface area contributed by atoms with E-state index in [-0.39, 0.29) is 29.6 Å². The Balaban J connectivity index is 1.60. The molecule has 0 amide bonds. The molecule has 0 saturated heterocycles. The van der Waals surface area contributed by atoms with Crippen LogP contribution in [0, 0.1) is 11.3 Å². The van der Waals surface area contributed by atoms with E-state index in [1.54, 1.807) is 42.5 Å². The number of Topliss-reactive ketones (excluding diaryl/α,β-unsaturated/α-hetero) is 1. The number of rotatable bonds is 8. The Bertz CT molecular complexity index is 1190. The number of hydrogen-bond donors (Lipinski definition) is 0. The van der Waals surface area contributed by atoms with Crippen molar-refractivity contribution in [3.05, 3.63) is 87.4 Å². The topological polar surface area (TPSA) is 59.3 Å². The summed E-state index contributed by atoms with van der Waals surface area (Å²) in [6.45, 7) is 0.0372. The lowest BCUT2D eigenvalue weighted by Gasteiger charge is -2.13. The standard InChI is InChI=1S/C24H16BrClF3NO3/c25-17-4-1-3-15(11-17)20(14-30)22(31)9-10-32-18-5-2-6-19(13-18)33-23-8-7-16(12-21(23)26)24(27,28)29/h1-8,11-13,20H,9-10H2. The minimum Gasteiger partial charge on any atom is -0.493 e. The molecule has 0 saturated carbocycles. The van der Waals surface area contributed by atoms with E-state index >= 15 is 0 Å². The third kappa shape index (κ3) is 6.73. The lowest BCUT2D eigenvalue weighted by Crippen LogP contribution is -2.14. The highest BCUT2D eigenvalue weighted by atomic mass is 79.9. The average molecular weight is 539 g/mol. The highest BCUT2D eigenvalue weighted by Crippen LogP contribution is 2.37. The zero-order valence-electron chi connectivity index (χ0n) is 16.9. The first-order valence-corrected chi connectivity index (χ1v) is 10.8. The van der Waals surface area contributed by atoms with Gasteiger partial charge in [-0.2, -0.15) is 18.4 Å². The minimum absolute atomic E-state index is 0.0144. The van der Waals surface area contributed by atoms with Gasteiger partial charge in [0, 0.05) is 17.0 Å². The number of halogens is 5. The Morgan fingerprint density at radius 1 is 1.06 bits per heavy atom. The van der Waals surface area contributed by atoms with E-state index in [1.807, 2.05) is 6.07 Å². The van der Waals surface area contributed by atoms with Gasteiger partial charge in [0.2, 0.25) is 0 Å². The molecular formula is C24H16BrClF3NO3. The van der Waals surface area contributed by atoms with Gasteiger partial charge in [-0.1, -0.05) is 45.7 Å². The average Bonchev–Trinajstić information content (AvgIpc) is 2.75. The minimum atomic E-state index is -4.51. The zero-order valence-corrected chi connectivity index (χ0v) is 19.2. The van der Waals surface area contributed by atoms with E-state index in [2.05, 4.69) is 15.9 Å². The summed E-state index contributed by atoms with van der Waals surface area (Å²) in [4.78, 5) is 12.5. The molecule has 0 fully saturated rings. The van der Waals surface area contributed by atoms with Gasteiger partial charge in [-0.25, -0.2) is 0 Å². The zero-order chi connectivity index (χ0) is 24.0. The van der Waals surface area contributed by atoms with Gasteiger partial charge in [0.25, 0.3) is 0 Å². The van der Waals surface area contributed by atoms with Gasteiger partial charge in [-0.05, 0) is 48.0 Å². The fraction of sp³-hybridized carbons (Fsp3) is 0.167. The molecule has 33 heavy (non-hydrogen) atoms. The van der Waals surface area contributed by atoms with E-state index in [0.29, 0.717) is 17.1 Å². The second kappa shape index (κ2) is 10.7. The van der Waals surface area contributed by atoms with Crippen molar-refractivity contribution in [1.82, 2.24) is 0 Å². The van der Waals surface area contributed by atoms with Gasteiger partial charge in [0.15, 0.2) is 5.78 Å². The second-order valence-electron chi connectivity index (χ2n) is 6.90. The van der Waals surface area contributed by atoms with Gasteiger partial charge in [0.1, 0.15) is 23.2 Å². The molecule has 0 aliphatic rings. The van der Waals surface area contributed by atoms with Crippen LogP contribution in [-0.4, -0.2) is 12.4 Å². The molecule has 0 radical (unpaired) electrons. The third-order valence-electron chi connectivity index (χ3n) is 4.54. The maximum Gasteiger partial charge on any atom is 0.416 e. The van der Waals surface area contributed by atoms with Crippen LogP contribution in [0.1, 0.15) is 23.5 Å². The number of carbonyl (C=O) groups excluding carboxylic acids is 1. The fourth-order valence-electron chi connectivity index (χ4n) is 2.95. The van der Waals surface area contributed by atoms with Crippen molar-refractivity contribution < 1.29 is 27.4 Å². The predicted molar refractivity (Wildman–Crippen MR) is 121 cm³/mol. The van der Waals surface area contributed by atoms with E-state index in [9.17, 15) is 23.2 Å². The van der Waals surface area contributed by atoms with Gasteiger partial charge in [0.05, 0.1) is 23.3 Å². The molecule has 0 aliphatic heterocycles. The normalized spacial score (nSPS) is 12.0. The summed E-state index contributed by atoms with van der Waals surface area (Å²) in [6.07, 6.45) is -4.49. The van der Waals surface area contributed by atoms with Crippen LogP contribution in [0.3, 0.4) is 0 Å². The fourth-order valence-corrected chi connectivity index (χ4v) is 3.58. The van der Waals surface area contributed by atoms with Crippen molar-refractivity contribution in [3.63, 3.8) is 0 Å². The van der Waals surface area contributed by atoms with Crippen LogP contribution >= 0.6 is 27.5 Å². The molecule has 0 N–H and O–H groups in total. The molecule has 9 heteroatoms. The summed E-state index contributed by atoms with van der Waals surface area (Å²) in [5.74, 6) is -0.436. The highest BCUT2D eigenvalue weighted by molar-refractivity contribution is 9.10. The molecule has 0 bridgehead atoms. The maximum atomic E-state index is 12.8. The molecule has 3 rings (SSSR count). The molecule has 4 nitrogen and oxygen atoms in total. The first-order chi connectivity index (χ1) is 15.7. The monoisotopic (exact) mass is 537 g/mol. The number of alkyl halides is 3.